The van der Waals surface area contributed by atoms with Gasteiger partial charge in [-0.25, -0.2) is 0 Å². The number of carbonyl (C=O) groups excluding carboxylic acids is 1. The summed E-state index contributed by atoms with van der Waals surface area (Å²) in [4.78, 5) is 13.0. The molecular formula is C20H30NOSc. The van der Waals surface area contributed by atoms with Crippen LogP contribution in [0.4, 0.5) is 0 Å². The van der Waals surface area contributed by atoms with Gasteiger partial charge < -0.3 is 0 Å². The summed E-state index contributed by atoms with van der Waals surface area (Å²) in [6, 6.07) is 0. The first-order valence-electron chi connectivity index (χ1n) is 8.99. The number of hydrogen-bond donors (Lipinski definition) is 1. The van der Waals surface area contributed by atoms with Crippen molar-refractivity contribution in [2.75, 3.05) is 0 Å². The van der Waals surface area contributed by atoms with Crippen molar-refractivity contribution < 1.29 is 26.5 Å². The van der Waals surface area contributed by atoms with Crippen molar-refractivity contribution in [2.45, 2.75) is 59.7 Å². The number of rotatable bonds is 8. The molecule has 3 heteroatoms. The van der Waals surface area contributed by atoms with E-state index in [9.17, 15) is 4.79 Å². The first kappa shape index (κ1) is 18.6. The summed E-state index contributed by atoms with van der Waals surface area (Å²) in [7, 11) is 0. The van der Waals surface area contributed by atoms with E-state index in [2.05, 4.69) is 79.6 Å². The molecule has 0 aliphatic heterocycles. The van der Waals surface area contributed by atoms with Crippen LogP contribution in [0.3, 0.4) is 0 Å². The Morgan fingerprint density at radius 3 is 1.65 bits per heavy atom. The van der Waals surface area contributed by atoms with Crippen LogP contribution < -0.4 is 3.30 Å². The molecular weight excluding hydrogens is 315 g/mol. The SMILES string of the molecule is CCCC(CCC)C(=O)[NH][Sc]([C]1(C)C=CC=C1)[C]1(C)C=CC=C1. The molecule has 0 saturated heterocycles. The molecule has 2 rings (SSSR count). The van der Waals surface area contributed by atoms with E-state index in [-0.39, 0.29) is 12.3 Å². The summed E-state index contributed by atoms with van der Waals surface area (Å²) < 4.78 is 3.68. The third-order valence-electron chi connectivity index (χ3n) is 5.22. The Morgan fingerprint density at radius 1 is 0.913 bits per heavy atom. The standard InChI is InChI=1S/C8H17NO.2C6H7.Sc/c1-3-5-7(6-4-2)8(9)10;2*1-6-4-2-3-5-6;/h7H,3-6H2,1-2H3,(H2,9,10);2*2-5H,1H3;/q;;;+1/p-1. The first-order chi connectivity index (χ1) is 10.9. The van der Waals surface area contributed by atoms with Gasteiger partial charge in [-0.1, -0.05) is 0 Å². The van der Waals surface area contributed by atoms with Crippen LogP contribution in [0.5, 0.6) is 0 Å². The number of nitrogens with one attached hydrogen (secondary N) is 1. The molecule has 0 spiro atoms. The van der Waals surface area contributed by atoms with Crippen LogP contribution in [-0.4, -0.2) is 5.91 Å². The van der Waals surface area contributed by atoms with E-state index in [0.717, 1.165) is 25.7 Å². The Balaban J connectivity index is 2.23. The fourth-order valence-corrected chi connectivity index (χ4v) is 9.66. The van der Waals surface area contributed by atoms with Crippen LogP contribution in [-0.2, 0) is 26.5 Å². The summed E-state index contributed by atoms with van der Waals surface area (Å²) in [5.74, 6) is 0.470. The Hall–Kier alpha value is -0.700. The van der Waals surface area contributed by atoms with E-state index in [1.54, 1.807) is 0 Å². The van der Waals surface area contributed by atoms with Crippen molar-refractivity contribution in [3.8, 4) is 0 Å². The van der Waals surface area contributed by atoms with Gasteiger partial charge in [0.1, 0.15) is 0 Å². The zero-order valence-corrected chi connectivity index (χ0v) is 16.8. The second-order valence-corrected chi connectivity index (χ2v) is 13.1. The van der Waals surface area contributed by atoms with Gasteiger partial charge in [-0.2, -0.15) is 0 Å². The molecule has 0 aromatic rings. The second-order valence-electron chi connectivity index (χ2n) is 7.38. The fourth-order valence-electron chi connectivity index (χ4n) is 3.89. The molecule has 124 valence electrons. The van der Waals surface area contributed by atoms with Crippen LogP contribution in [0.25, 0.3) is 0 Å². The van der Waals surface area contributed by atoms with E-state index in [1.807, 2.05) is 0 Å². The van der Waals surface area contributed by atoms with Gasteiger partial charge in [0.2, 0.25) is 0 Å². The van der Waals surface area contributed by atoms with Gasteiger partial charge in [0.25, 0.3) is 0 Å². The predicted octanol–water partition coefficient (Wildman–Crippen LogP) is 5.46. The van der Waals surface area contributed by atoms with Crippen molar-refractivity contribution in [2.24, 2.45) is 5.92 Å². The van der Waals surface area contributed by atoms with Crippen LogP contribution >= 0.6 is 0 Å². The maximum absolute atomic E-state index is 13.0. The van der Waals surface area contributed by atoms with Gasteiger partial charge in [-0.05, 0) is 0 Å². The Morgan fingerprint density at radius 2 is 1.30 bits per heavy atom. The number of hydrogen-bond acceptors (Lipinski definition) is 1. The van der Waals surface area contributed by atoms with Gasteiger partial charge >= 0.3 is 150 Å². The molecule has 2 aliphatic rings. The molecule has 0 bridgehead atoms. The number of amides is 1. The average molecular weight is 345 g/mol. The summed E-state index contributed by atoms with van der Waals surface area (Å²) >= 11 is -2.28. The molecule has 0 heterocycles. The van der Waals surface area contributed by atoms with Gasteiger partial charge in [0.15, 0.2) is 0 Å². The summed E-state index contributed by atoms with van der Waals surface area (Å²) in [6.45, 7) is 8.92. The van der Waals surface area contributed by atoms with Gasteiger partial charge in [0.05, 0.1) is 0 Å². The van der Waals surface area contributed by atoms with E-state index in [0.29, 0.717) is 5.91 Å². The molecule has 0 fully saturated rings. The molecule has 1 N–H and O–H groups in total. The maximum atomic E-state index is 13.0. The summed E-state index contributed by atoms with van der Waals surface area (Å²) in [6.07, 6.45) is 21.8. The first-order valence-corrected chi connectivity index (χ1v) is 11.7. The zero-order chi connectivity index (χ0) is 16.9. The molecule has 0 saturated carbocycles. The van der Waals surface area contributed by atoms with Gasteiger partial charge in [-0.3, -0.25) is 0 Å². The van der Waals surface area contributed by atoms with E-state index < -0.39 is 21.7 Å². The average Bonchev–Trinajstić information content (AvgIpc) is 3.14. The normalized spacial score (nSPS) is 19.7. The molecule has 1 amide bonds. The Labute approximate surface area is 149 Å². The summed E-state index contributed by atoms with van der Waals surface area (Å²) in [5.41, 5.74) is 0. The van der Waals surface area contributed by atoms with Crippen LogP contribution in [0.1, 0.15) is 53.4 Å². The van der Waals surface area contributed by atoms with Crippen LogP contribution in [0.15, 0.2) is 48.6 Å². The molecule has 0 atom stereocenters. The Bertz CT molecular complexity index is 480. The molecule has 0 radical (unpaired) electrons. The molecule has 0 unspecified atom stereocenters. The molecule has 23 heavy (non-hydrogen) atoms. The second kappa shape index (κ2) is 7.92. The molecule has 0 aromatic heterocycles. The fraction of sp³-hybridized carbons (Fsp3) is 0.550. The number of allylic oxidation sites excluding steroid dienone is 8. The van der Waals surface area contributed by atoms with Crippen molar-refractivity contribution in [3.05, 3.63) is 48.6 Å². The van der Waals surface area contributed by atoms with Crippen molar-refractivity contribution >= 4 is 5.91 Å². The monoisotopic (exact) mass is 345 g/mol. The Kier molecular flexibility index (Phi) is 6.41. The zero-order valence-electron chi connectivity index (χ0n) is 15.0. The van der Waals surface area contributed by atoms with E-state index in [1.165, 1.54) is 0 Å². The predicted molar refractivity (Wildman–Crippen MR) is 94.7 cm³/mol. The van der Waals surface area contributed by atoms with Crippen molar-refractivity contribution in [1.82, 2.24) is 3.30 Å². The topological polar surface area (TPSA) is 29.1 Å². The minimum atomic E-state index is -2.28. The van der Waals surface area contributed by atoms with Gasteiger partial charge in [-0.15, -0.1) is 0 Å². The molecule has 2 nitrogen and oxygen atoms in total. The van der Waals surface area contributed by atoms with Crippen molar-refractivity contribution in [1.29, 1.82) is 0 Å². The number of carbonyl (C=O) groups is 1. The summed E-state index contributed by atoms with van der Waals surface area (Å²) in [5, 5.41) is 0. The van der Waals surface area contributed by atoms with E-state index in [4.69, 9.17) is 0 Å². The molecule has 0 aromatic carbocycles. The van der Waals surface area contributed by atoms with E-state index >= 15 is 0 Å². The quantitative estimate of drug-likeness (QED) is 0.622. The third-order valence-corrected chi connectivity index (χ3v) is 11.2. The van der Waals surface area contributed by atoms with Crippen LogP contribution in [0, 0.1) is 5.92 Å². The van der Waals surface area contributed by atoms with Gasteiger partial charge in [0, 0.05) is 0 Å². The van der Waals surface area contributed by atoms with Crippen LogP contribution in [0.2, 0.25) is 6.34 Å². The third kappa shape index (κ3) is 4.23. The molecule has 2 aliphatic carbocycles. The van der Waals surface area contributed by atoms with Crippen molar-refractivity contribution in [3.63, 3.8) is 0 Å². The minimum absolute atomic E-state index is 0.0411.